The number of hydrogen-bond acceptors (Lipinski definition) is 5. The minimum atomic E-state index is -3.95. The van der Waals surface area contributed by atoms with Crippen molar-refractivity contribution in [2.75, 3.05) is 7.11 Å². The molecule has 1 aromatic heterocycles. The predicted octanol–water partition coefficient (Wildman–Crippen LogP) is -0.339. The van der Waals surface area contributed by atoms with E-state index in [1.807, 2.05) is 0 Å². The normalized spacial score (nSPS) is 13.1. The third kappa shape index (κ3) is 3.51. The number of aromatic amines is 1. The fraction of sp³-hybridized carbons (Fsp3) is 0.429. The number of nitrogens with one attached hydrogen (secondary N) is 3. The second-order valence-corrected chi connectivity index (χ2v) is 4.36. The minimum Gasteiger partial charge on any atom is -0.452 e. The van der Waals surface area contributed by atoms with Crippen LogP contribution < -0.4 is 9.44 Å². The molecule has 0 fully saturated rings. The van der Waals surface area contributed by atoms with E-state index in [2.05, 4.69) is 19.4 Å². The third-order valence-corrected chi connectivity index (χ3v) is 2.76. The van der Waals surface area contributed by atoms with Crippen LogP contribution in [0.5, 0.6) is 0 Å². The summed E-state index contributed by atoms with van der Waals surface area (Å²) in [4.78, 5) is 17.3. The van der Waals surface area contributed by atoms with E-state index in [0.717, 1.165) is 7.11 Å². The molecule has 0 spiro atoms. The lowest BCUT2D eigenvalue weighted by molar-refractivity contribution is 0.177. The fourth-order valence-corrected chi connectivity index (χ4v) is 1.92. The third-order valence-electron chi connectivity index (χ3n) is 1.66. The Morgan fingerprint density at radius 1 is 1.62 bits per heavy atom. The summed E-state index contributed by atoms with van der Waals surface area (Å²) >= 11 is 0. The molecule has 0 aliphatic heterocycles. The van der Waals surface area contributed by atoms with Gasteiger partial charge in [-0.3, -0.25) is 0 Å². The zero-order chi connectivity index (χ0) is 12.2. The lowest BCUT2D eigenvalue weighted by atomic mass is 10.3. The molecule has 16 heavy (non-hydrogen) atoms. The van der Waals surface area contributed by atoms with Crippen LogP contribution in [-0.2, 0) is 14.9 Å². The summed E-state index contributed by atoms with van der Waals surface area (Å²) < 4.78 is 30.7. The maximum Gasteiger partial charge on any atom is 0.421 e. The SMILES string of the molecule is COC(=O)NS(=O)(=O)NC(C)c1ncc[nH]1. The van der Waals surface area contributed by atoms with Crippen LogP contribution in [0.3, 0.4) is 0 Å². The maximum atomic E-state index is 11.3. The molecule has 9 heteroatoms. The monoisotopic (exact) mass is 248 g/mol. The Morgan fingerprint density at radius 3 is 2.81 bits per heavy atom. The molecule has 1 aromatic rings. The average Bonchev–Trinajstić information content (AvgIpc) is 2.68. The van der Waals surface area contributed by atoms with Gasteiger partial charge in [0.2, 0.25) is 0 Å². The maximum absolute atomic E-state index is 11.3. The summed E-state index contributed by atoms with van der Waals surface area (Å²) in [5.41, 5.74) is 0. The number of hydrogen-bond donors (Lipinski definition) is 3. The van der Waals surface area contributed by atoms with Crippen molar-refractivity contribution >= 4 is 16.3 Å². The lowest BCUT2D eigenvalue weighted by Crippen LogP contribution is -2.41. The van der Waals surface area contributed by atoms with Crippen molar-refractivity contribution in [3.63, 3.8) is 0 Å². The molecule has 1 atom stereocenters. The van der Waals surface area contributed by atoms with Crippen molar-refractivity contribution in [2.24, 2.45) is 0 Å². The molecule has 0 aliphatic carbocycles. The first-order valence-corrected chi connectivity index (χ1v) is 5.80. The van der Waals surface area contributed by atoms with Crippen LogP contribution in [0.15, 0.2) is 12.4 Å². The van der Waals surface area contributed by atoms with Gasteiger partial charge in [0.1, 0.15) is 5.82 Å². The van der Waals surface area contributed by atoms with E-state index in [-0.39, 0.29) is 0 Å². The Bertz CT molecular complexity index is 441. The minimum absolute atomic E-state index is 0.440. The van der Waals surface area contributed by atoms with Crippen molar-refractivity contribution in [1.82, 2.24) is 19.4 Å². The highest BCUT2D eigenvalue weighted by Gasteiger charge is 2.19. The van der Waals surface area contributed by atoms with Crippen molar-refractivity contribution in [3.8, 4) is 0 Å². The number of imidazole rings is 1. The van der Waals surface area contributed by atoms with Gasteiger partial charge in [0.05, 0.1) is 13.2 Å². The predicted molar refractivity (Wildman–Crippen MR) is 54.6 cm³/mol. The molecule has 1 amide bonds. The topological polar surface area (TPSA) is 113 Å². The summed E-state index contributed by atoms with van der Waals surface area (Å²) in [6, 6.07) is -0.586. The molecule has 8 nitrogen and oxygen atoms in total. The van der Waals surface area contributed by atoms with E-state index in [1.165, 1.54) is 6.20 Å². The molecule has 90 valence electrons. The van der Waals surface area contributed by atoms with Gasteiger partial charge in [-0.1, -0.05) is 0 Å². The molecule has 1 heterocycles. The highest BCUT2D eigenvalue weighted by atomic mass is 32.2. The van der Waals surface area contributed by atoms with Crippen LogP contribution in [-0.4, -0.2) is 31.6 Å². The molecular formula is C7H12N4O4S. The second-order valence-electron chi connectivity index (χ2n) is 2.91. The zero-order valence-corrected chi connectivity index (χ0v) is 9.54. The number of rotatable bonds is 4. The summed E-state index contributed by atoms with van der Waals surface area (Å²) in [6.07, 6.45) is 2.00. The molecule has 0 aromatic carbocycles. The summed E-state index contributed by atoms with van der Waals surface area (Å²) in [6.45, 7) is 1.58. The van der Waals surface area contributed by atoms with Crippen molar-refractivity contribution in [1.29, 1.82) is 0 Å². The van der Waals surface area contributed by atoms with E-state index < -0.39 is 22.3 Å². The zero-order valence-electron chi connectivity index (χ0n) is 8.72. The van der Waals surface area contributed by atoms with Crippen LogP contribution in [0, 0.1) is 0 Å². The standard InChI is InChI=1S/C7H12N4O4S/c1-5(6-8-3-4-9-6)10-16(13,14)11-7(12)15-2/h3-5,10H,1-2H3,(H,8,9)(H,11,12). The number of nitrogens with zero attached hydrogens (tertiary/aromatic N) is 1. The summed E-state index contributed by atoms with van der Waals surface area (Å²) in [5.74, 6) is 0.440. The number of ether oxygens (including phenoxy) is 1. The fourth-order valence-electron chi connectivity index (χ4n) is 0.984. The van der Waals surface area contributed by atoms with Gasteiger partial charge >= 0.3 is 16.3 Å². The number of carbonyl (C=O) groups is 1. The number of amides is 1. The van der Waals surface area contributed by atoms with Gasteiger partial charge in [-0.15, -0.1) is 0 Å². The molecule has 3 N–H and O–H groups in total. The number of methoxy groups -OCH3 is 1. The Labute approximate surface area is 92.6 Å². The van der Waals surface area contributed by atoms with Crippen LogP contribution in [0.25, 0.3) is 0 Å². The number of aromatic nitrogens is 2. The highest BCUT2D eigenvalue weighted by Crippen LogP contribution is 2.05. The molecule has 0 saturated heterocycles. The van der Waals surface area contributed by atoms with Crippen LogP contribution in [0.2, 0.25) is 0 Å². The molecule has 0 bridgehead atoms. The number of carbonyl (C=O) groups excluding carboxylic acids is 1. The van der Waals surface area contributed by atoms with Gasteiger partial charge in [0.25, 0.3) is 0 Å². The summed E-state index contributed by atoms with van der Waals surface area (Å²) in [7, 11) is -2.88. The lowest BCUT2D eigenvalue weighted by Gasteiger charge is -2.11. The molecule has 0 aliphatic rings. The largest absolute Gasteiger partial charge is 0.452 e. The van der Waals surface area contributed by atoms with E-state index >= 15 is 0 Å². The molecule has 1 unspecified atom stereocenters. The Kier molecular flexibility index (Phi) is 3.85. The Balaban J connectivity index is 2.63. The first-order chi connectivity index (χ1) is 7.44. The van der Waals surface area contributed by atoms with Gasteiger partial charge in [-0.25, -0.2) is 14.5 Å². The van der Waals surface area contributed by atoms with E-state index in [9.17, 15) is 13.2 Å². The smallest absolute Gasteiger partial charge is 0.421 e. The van der Waals surface area contributed by atoms with Crippen LogP contribution in [0.4, 0.5) is 4.79 Å². The Hall–Kier alpha value is -1.61. The van der Waals surface area contributed by atoms with Crippen molar-refractivity contribution < 1.29 is 17.9 Å². The van der Waals surface area contributed by atoms with Gasteiger partial charge < -0.3 is 9.72 Å². The van der Waals surface area contributed by atoms with Gasteiger partial charge in [-0.05, 0) is 6.92 Å². The van der Waals surface area contributed by atoms with Gasteiger partial charge in [-0.2, -0.15) is 13.1 Å². The van der Waals surface area contributed by atoms with E-state index in [4.69, 9.17) is 0 Å². The van der Waals surface area contributed by atoms with Gasteiger partial charge in [0.15, 0.2) is 0 Å². The first-order valence-electron chi connectivity index (χ1n) is 4.32. The number of H-pyrrole nitrogens is 1. The molecule has 0 radical (unpaired) electrons. The van der Waals surface area contributed by atoms with E-state index in [0.29, 0.717) is 5.82 Å². The summed E-state index contributed by atoms with van der Waals surface area (Å²) in [5, 5.41) is 0. The van der Waals surface area contributed by atoms with Crippen molar-refractivity contribution in [2.45, 2.75) is 13.0 Å². The second kappa shape index (κ2) is 4.94. The van der Waals surface area contributed by atoms with Gasteiger partial charge in [0, 0.05) is 12.4 Å². The van der Waals surface area contributed by atoms with Crippen molar-refractivity contribution in [3.05, 3.63) is 18.2 Å². The molecule has 1 rings (SSSR count). The highest BCUT2D eigenvalue weighted by molar-refractivity contribution is 7.88. The Morgan fingerprint density at radius 2 is 2.31 bits per heavy atom. The first kappa shape index (κ1) is 12.5. The molecule has 0 saturated carbocycles. The van der Waals surface area contributed by atoms with Crippen LogP contribution >= 0.6 is 0 Å². The van der Waals surface area contributed by atoms with E-state index in [1.54, 1.807) is 17.8 Å². The quantitative estimate of drug-likeness (QED) is 0.674. The average molecular weight is 248 g/mol. The molecular weight excluding hydrogens is 236 g/mol. The van der Waals surface area contributed by atoms with Crippen LogP contribution in [0.1, 0.15) is 18.8 Å².